The van der Waals surface area contributed by atoms with Crippen molar-refractivity contribution in [1.82, 2.24) is 4.57 Å². The van der Waals surface area contributed by atoms with Gasteiger partial charge in [0.25, 0.3) is 5.56 Å². The second kappa shape index (κ2) is 16.3. The molecule has 0 saturated heterocycles. The summed E-state index contributed by atoms with van der Waals surface area (Å²) in [5, 5.41) is 1.01. The average molecular weight is 742 g/mol. The minimum Gasteiger partial charge on any atom is -0.493 e. The Morgan fingerprint density at radius 3 is 2.38 bits per heavy atom. The number of nitrogens with zero attached hydrogens (tertiary/aromatic N) is 2. The van der Waals surface area contributed by atoms with E-state index >= 15 is 0 Å². The number of esters is 2. The van der Waals surface area contributed by atoms with Crippen LogP contribution in [0.4, 0.5) is 0 Å². The van der Waals surface area contributed by atoms with E-state index in [0.29, 0.717) is 65.8 Å². The van der Waals surface area contributed by atoms with Crippen LogP contribution in [0.25, 0.3) is 6.08 Å². The zero-order valence-corrected chi connectivity index (χ0v) is 30.2. The Labute approximate surface area is 301 Å². The van der Waals surface area contributed by atoms with Gasteiger partial charge in [-0.25, -0.2) is 14.6 Å². The number of hydrogen-bond acceptors (Lipinski definition) is 11. The summed E-state index contributed by atoms with van der Waals surface area (Å²) in [7, 11) is 2.79. The molecule has 0 saturated carbocycles. The topological polar surface area (TPSA) is 124 Å². The third-order valence-electron chi connectivity index (χ3n) is 7.56. The van der Waals surface area contributed by atoms with Crippen LogP contribution in [0, 0.1) is 0 Å². The summed E-state index contributed by atoms with van der Waals surface area (Å²) in [6.07, 6.45) is 1.72. The molecule has 0 fully saturated rings. The van der Waals surface area contributed by atoms with Crippen molar-refractivity contribution in [3.8, 4) is 23.0 Å². The van der Waals surface area contributed by atoms with Crippen molar-refractivity contribution in [2.75, 3.05) is 34.0 Å². The van der Waals surface area contributed by atoms with E-state index in [4.69, 9.17) is 46.9 Å². The highest BCUT2D eigenvalue weighted by molar-refractivity contribution is 7.07. The number of carbonyl (C=O) groups is 2. The van der Waals surface area contributed by atoms with E-state index in [1.54, 1.807) is 81.4 Å². The number of methoxy groups -OCH3 is 2. The quantitative estimate of drug-likeness (QED) is 0.160. The smallest absolute Gasteiger partial charge is 0.343 e. The Morgan fingerprint density at radius 1 is 0.920 bits per heavy atom. The van der Waals surface area contributed by atoms with E-state index in [9.17, 15) is 14.4 Å². The first kappa shape index (κ1) is 36.5. The minimum atomic E-state index is -0.897. The minimum absolute atomic E-state index is 0.130. The molecule has 0 bridgehead atoms. The predicted molar refractivity (Wildman–Crippen MR) is 189 cm³/mol. The summed E-state index contributed by atoms with van der Waals surface area (Å²) >= 11 is 13.5. The molecule has 1 aliphatic heterocycles. The van der Waals surface area contributed by atoms with Crippen LogP contribution >= 0.6 is 34.5 Å². The summed E-state index contributed by atoms with van der Waals surface area (Å²) in [5.41, 5.74) is 2.23. The number of aromatic nitrogens is 1. The number of benzene rings is 3. The summed E-state index contributed by atoms with van der Waals surface area (Å²) < 4.78 is 35.0. The van der Waals surface area contributed by atoms with Crippen molar-refractivity contribution in [2.24, 2.45) is 4.99 Å². The zero-order chi connectivity index (χ0) is 35.9. The van der Waals surface area contributed by atoms with E-state index in [1.807, 2.05) is 0 Å². The maximum Gasteiger partial charge on any atom is 0.343 e. The lowest BCUT2D eigenvalue weighted by Gasteiger charge is -2.25. The molecule has 0 aliphatic carbocycles. The number of thiazole rings is 1. The maximum atomic E-state index is 14.2. The van der Waals surface area contributed by atoms with Gasteiger partial charge in [-0.3, -0.25) is 9.36 Å². The highest BCUT2D eigenvalue weighted by Gasteiger charge is 2.34. The molecule has 0 radical (unpaired) electrons. The molecule has 0 unspecified atom stereocenters. The summed E-state index contributed by atoms with van der Waals surface area (Å²) in [5.74, 6) is 0.390. The van der Waals surface area contributed by atoms with Crippen LogP contribution in [0.2, 0.25) is 10.0 Å². The molecule has 2 heterocycles. The molecule has 0 amide bonds. The SMILES string of the molecule is CCOC(=O)C1=C(C)N=c2s/c(=C\c3ccc(OCc4ccc(Cl)cc4Cl)c(OC)c3)c(=O)n2[C@@H]1c1ccc(OCC(=O)OC)c(OCC)c1. The van der Waals surface area contributed by atoms with E-state index in [2.05, 4.69) is 9.73 Å². The van der Waals surface area contributed by atoms with Crippen molar-refractivity contribution < 1.29 is 38.0 Å². The number of carbonyl (C=O) groups excluding carboxylic acids is 2. The van der Waals surface area contributed by atoms with Crippen molar-refractivity contribution in [3.05, 3.63) is 112 Å². The van der Waals surface area contributed by atoms with Crippen LogP contribution in [-0.4, -0.2) is 50.5 Å². The maximum absolute atomic E-state index is 14.2. The van der Waals surface area contributed by atoms with Crippen LogP contribution in [0.5, 0.6) is 23.0 Å². The first-order chi connectivity index (χ1) is 24.1. The zero-order valence-electron chi connectivity index (χ0n) is 27.9. The molecule has 0 N–H and O–H groups in total. The van der Waals surface area contributed by atoms with E-state index in [0.717, 1.165) is 5.56 Å². The molecule has 11 nitrogen and oxygen atoms in total. The largest absolute Gasteiger partial charge is 0.493 e. The van der Waals surface area contributed by atoms with Gasteiger partial charge in [-0.1, -0.05) is 52.7 Å². The van der Waals surface area contributed by atoms with Gasteiger partial charge in [-0.2, -0.15) is 0 Å². The number of rotatable bonds is 13. The molecule has 3 aromatic carbocycles. The molecule has 1 aliphatic rings. The first-order valence-electron chi connectivity index (χ1n) is 15.5. The second-order valence-electron chi connectivity index (χ2n) is 10.7. The van der Waals surface area contributed by atoms with Gasteiger partial charge in [-0.05, 0) is 74.4 Å². The summed E-state index contributed by atoms with van der Waals surface area (Å²) in [6, 6.07) is 14.6. The van der Waals surface area contributed by atoms with Crippen LogP contribution in [0.1, 0.15) is 43.5 Å². The molecular formula is C36H34Cl2N2O9S. The number of ether oxygens (including phenoxy) is 6. The van der Waals surface area contributed by atoms with E-state index in [1.165, 1.54) is 30.1 Å². The lowest BCUT2D eigenvalue weighted by atomic mass is 9.95. The van der Waals surface area contributed by atoms with Gasteiger partial charge in [-0.15, -0.1) is 0 Å². The van der Waals surface area contributed by atoms with Gasteiger partial charge < -0.3 is 28.4 Å². The highest BCUT2D eigenvalue weighted by atomic mass is 35.5. The van der Waals surface area contributed by atoms with Crippen molar-refractivity contribution in [3.63, 3.8) is 0 Å². The van der Waals surface area contributed by atoms with E-state index in [-0.39, 0.29) is 31.0 Å². The first-order valence-corrected chi connectivity index (χ1v) is 17.1. The number of halogens is 2. The lowest BCUT2D eigenvalue weighted by Crippen LogP contribution is -2.40. The molecule has 0 spiro atoms. The van der Waals surface area contributed by atoms with Gasteiger partial charge >= 0.3 is 11.9 Å². The van der Waals surface area contributed by atoms with Gasteiger partial charge in [0, 0.05) is 15.6 Å². The van der Waals surface area contributed by atoms with Crippen molar-refractivity contribution in [1.29, 1.82) is 0 Å². The van der Waals surface area contributed by atoms with Crippen molar-refractivity contribution >= 4 is 52.6 Å². The molecule has 5 rings (SSSR count). The highest BCUT2D eigenvalue weighted by Crippen LogP contribution is 2.37. The summed E-state index contributed by atoms with van der Waals surface area (Å²) in [4.78, 5) is 44.3. The number of allylic oxidation sites excluding steroid dienone is 1. The van der Waals surface area contributed by atoms with Crippen LogP contribution in [0.15, 0.2) is 75.7 Å². The molecule has 50 heavy (non-hydrogen) atoms. The number of hydrogen-bond donors (Lipinski definition) is 0. The lowest BCUT2D eigenvalue weighted by molar-refractivity contribution is -0.143. The monoisotopic (exact) mass is 740 g/mol. The third-order valence-corrected chi connectivity index (χ3v) is 9.13. The normalized spacial score (nSPS) is 14.1. The second-order valence-corrected chi connectivity index (χ2v) is 12.6. The Morgan fingerprint density at radius 2 is 1.68 bits per heavy atom. The van der Waals surface area contributed by atoms with Crippen LogP contribution in [-0.2, 0) is 25.7 Å². The Kier molecular flexibility index (Phi) is 11.9. The Hall–Kier alpha value is -4.78. The standard InChI is InChI=1S/C36H34Cl2N2O9S/c1-6-46-29-16-22(10-13-27(29)49-19-31(41)45-5)33-32(35(43)47-7-2)20(3)39-36-40(33)34(42)30(50-36)15-21-8-12-26(28(14-21)44-4)48-18-23-9-11-24(37)17-25(23)38/h8-17,33H,6-7,18-19H2,1-5H3/b30-15-/t33-/m1/s1. The average Bonchev–Trinajstić information content (AvgIpc) is 3.40. The van der Waals surface area contributed by atoms with Gasteiger partial charge in [0.15, 0.2) is 34.4 Å². The molecule has 262 valence electrons. The third kappa shape index (κ3) is 7.99. The van der Waals surface area contributed by atoms with Gasteiger partial charge in [0.05, 0.1) is 49.3 Å². The van der Waals surface area contributed by atoms with Gasteiger partial charge in [0.2, 0.25) is 0 Å². The predicted octanol–water partition coefficient (Wildman–Crippen LogP) is 5.64. The Balaban J connectivity index is 1.55. The fourth-order valence-electron chi connectivity index (χ4n) is 5.22. The molecule has 14 heteroatoms. The fourth-order valence-corrected chi connectivity index (χ4v) is 6.73. The fraction of sp³-hybridized carbons (Fsp3) is 0.278. The molecule has 1 atom stereocenters. The van der Waals surface area contributed by atoms with Crippen LogP contribution in [0.3, 0.4) is 0 Å². The van der Waals surface area contributed by atoms with Crippen LogP contribution < -0.4 is 33.8 Å². The van der Waals surface area contributed by atoms with Gasteiger partial charge in [0.1, 0.15) is 6.61 Å². The van der Waals surface area contributed by atoms with E-state index < -0.39 is 18.0 Å². The summed E-state index contributed by atoms with van der Waals surface area (Å²) in [6.45, 7) is 5.50. The Bertz CT molecular complexity index is 2140. The molecule has 1 aromatic heterocycles. The molecule has 4 aromatic rings. The van der Waals surface area contributed by atoms with Crippen molar-refractivity contribution in [2.45, 2.75) is 33.4 Å². The number of fused-ring (bicyclic) bond motifs is 1. The molecular weight excluding hydrogens is 707 g/mol.